The molecule has 2 aliphatic carbocycles. The Morgan fingerprint density at radius 2 is 2.12 bits per heavy atom. The molecular formula is C13H22N2O. The Hall–Kier alpha value is -0.570. The molecule has 3 aliphatic rings. The first-order valence-electron chi connectivity index (χ1n) is 6.84. The Morgan fingerprint density at radius 3 is 2.75 bits per heavy atom. The number of rotatable bonds is 2. The predicted octanol–water partition coefficient (Wildman–Crippen LogP) is 1.29. The second kappa shape index (κ2) is 4.36. The number of amides is 1. The fraction of sp³-hybridized carbons (Fsp3) is 0.923. The van der Waals surface area contributed by atoms with Gasteiger partial charge >= 0.3 is 0 Å². The first-order valence-corrected chi connectivity index (χ1v) is 6.84. The first kappa shape index (κ1) is 10.6. The van der Waals surface area contributed by atoms with Gasteiger partial charge in [-0.3, -0.25) is 4.79 Å². The maximum atomic E-state index is 12.2. The molecule has 3 fully saturated rings. The average molecular weight is 222 g/mol. The van der Waals surface area contributed by atoms with Crippen molar-refractivity contribution in [2.24, 2.45) is 17.8 Å². The van der Waals surface area contributed by atoms with E-state index < -0.39 is 0 Å². The number of carbonyl (C=O) groups is 1. The fourth-order valence-corrected chi connectivity index (χ4v) is 3.85. The van der Waals surface area contributed by atoms with Crippen molar-refractivity contribution in [3.05, 3.63) is 0 Å². The lowest BCUT2D eigenvalue weighted by Crippen LogP contribution is -2.48. The van der Waals surface area contributed by atoms with Gasteiger partial charge in [0.1, 0.15) is 0 Å². The van der Waals surface area contributed by atoms with E-state index in [1.165, 1.54) is 25.7 Å². The van der Waals surface area contributed by atoms with E-state index in [1.54, 1.807) is 0 Å². The third kappa shape index (κ3) is 1.97. The van der Waals surface area contributed by atoms with Crippen molar-refractivity contribution in [3.8, 4) is 0 Å². The van der Waals surface area contributed by atoms with Crippen LogP contribution < -0.4 is 10.6 Å². The highest BCUT2D eigenvalue weighted by atomic mass is 16.2. The van der Waals surface area contributed by atoms with Crippen LogP contribution in [0.1, 0.15) is 38.5 Å². The molecular weight excluding hydrogens is 200 g/mol. The molecule has 0 aromatic rings. The van der Waals surface area contributed by atoms with Gasteiger partial charge in [-0.15, -0.1) is 0 Å². The van der Waals surface area contributed by atoms with Gasteiger partial charge in [0.15, 0.2) is 0 Å². The summed E-state index contributed by atoms with van der Waals surface area (Å²) in [5.41, 5.74) is 0. The van der Waals surface area contributed by atoms with E-state index in [0.717, 1.165) is 31.8 Å². The van der Waals surface area contributed by atoms with E-state index in [-0.39, 0.29) is 0 Å². The van der Waals surface area contributed by atoms with E-state index in [4.69, 9.17) is 0 Å². The molecule has 0 radical (unpaired) electrons. The van der Waals surface area contributed by atoms with Crippen LogP contribution in [0, 0.1) is 17.8 Å². The van der Waals surface area contributed by atoms with Crippen molar-refractivity contribution in [1.29, 1.82) is 0 Å². The smallest absolute Gasteiger partial charge is 0.223 e. The Balaban J connectivity index is 1.53. The molecule has 4 unspecified atom stereocenters. The van der Waals surface area contributed by atoms with Gasteiger partial charge < -0.3 is 10.6 Å². The lowest BCUT2D eigenvalue weighted by Gasteiger charge is -2.27. The minimum Gasteiger partial charge on any atom is -0.352 e. The van der Waals surface area contributed by atoms with Crippen LogP contribution in [0.5, 0.6) is 0 Å². The molecule has 0 aromatic heterocycles. The van der Waals surface area contributed by atoms with Crippen LogP contribution in [-0.2, 0) is 4.79 Å². The fourth-order valence-electron chi connectivity index (χ4n) is 3.85. The van der Waals surface area contributed by atoms with Crippen LogP contribution in [0.15, 0.2) is 0 Å². The maximum Gasteiger partial charge on any atom is 0.223 e. The van der Waals surface area contributed by atoms with Crippen LogP contribution >= 0.6 is 0 Å². The van der Waals surface area contributed by atoms with Crippen LogP contribution in [0.25, 0.3) is 0 Å². The van der Waals surface area contributed by atoms with Gasteiger partial charge in [0, 0.05) is 18.5 Å². The average Bonchev–Trinajstić information content (AvgIpc) is 2.92. The zero-order valence-electron chi connectivity index (χ0n) is 9.87. The number of carbonyl (C=O) groups excluding carboxylic acids is 1. The van der Waals surface area contributed by atoms with E-state index >= 15 is 0 Å². The second-order valence-corrected chi connectivity index (χ2v) is 5.83. The maximum absolute atomic E-state index is 12.2. The minimum absolute atomic E-state index is 0.348. The number of fused-ring (bicyclic) bond motifs is 2. The lowest BCUT2D eigenvalue weighted by molar-refractivity contribution is -0.127. The van der Waals surface area contributed by atoms with Crippen LogP contribution in [0.2, 0.25) is 0 Å². The van der Waals surface area contributed by atoms with Gasteiger partial charge in [0.05, 0.1) is 0 Å². The van der Waals surface area contributed by atoms with Crippen LogP contribution in [0.4, 0.5) is 0 Å². The van der Waals surface area contributed by atoms with Crippen molar-refractivity contribution in [3.63, 3.8) is 0 Å². The molecule has 90 valence electrons. The van der Waals surface area contributed by atoms with Crippen molar-refractivity contribution < 1.29 is 4.79 Å². The van der Waals surface area contributed by atoms with E-state index in [2.05, 4.69) is 10.6 Å². The summed E-state index contributed by atoms with van der Waals surface area (Å²) in [7, 11) is 0. The van der Waals surface area contributed by atoms with Gasteiger partial charge in [-0.1, -0.05) is 6.42 Å². The Morgan fingerprint density at radius 1 is 1.19 bits per heavy atom. The number of hydrogen-bond acceptors (Lipinski definition) is 2. The molecule has 0 spiro atoms. The van der Waals surface area contributed by atoms with Gasteiger partial charge in [0.2, 0.25) is 5.91 Å². The molecule has 2 saturated carbocycles. The second-order valence-electron chi connectivity index (χ2n) is 5.83. The predicted molar refractivity (Wildman–Crippen MR) is 63.0 cm³/mol. The number of piperidine rings is 1. The van der Waals surface area contributed by atoms with Gasteiger partial charge in [0.25, 0.3) is 0 Å². The van der Waals surface area contributed by atoms with Crippen molar-refractivity contribution in [2.45, 2.75) is 44.6 Å². The van der Waals surface area contributed by atoms with Gasteiger partial charge in [-0.05, 0) is 50.5 Å². The summed E-state index contributed by atoms with van der Waals surface area (Å²) in [6.45, 7) is 2.08. The Labute approximate surface area is 97.4 Å². The third-order valence-corrected chi connectivity index (χ3v) is 4.72. The van der Waals surface area contributed by atoms with Crippen molar-refractivity contribution >= 4 is 5.91 Å². The largest absolute Gasteiger partial charge is 0.352 e. The summed E-state index contributed by atoms with van der Waals surface area (Å²) >= 11 is 0. The van der Waals surface area contributed by atoms with E-state index in [0.29, 0.717) is 23.8 Å². The van der Waals surface area contributed by atoms with E-state index in [1.807, 2.05) is 0 Å². The molecule has 0 aromatic carbocycles. The normalized spacial score (nSPS) is 42.2. The topological polar surface area (TPSA) is 41.1 Å². The molecule has 16 heavy (non-hydrogen) atoms. The summed E-state index contributed by atoms with van der Waals surface area (Å²) in [6.07, 6.45) is 7.50. The Bertz CT molecular complexity index is 273. The minimum atomic E-state index is 0.348. The molecule has 4 atom stereocenters. The summed E-state index contributed by atoms with van der Waals surface area (Å²) in [5.74, 6) is 2.27. The summed E-state index contributed by atoms with van der Waals surface area (Å²) in [4.78, 5) is 12.2. The van der Waals surface area contributed by atoms with Crippen molar-refractivity contribution in [1.82, 2.24) is 10.6 Å². The highest BCUT2D eigenvalue weighted by Gasteiger charge is 2.43. The molecule has 3 nitrogen and oxygen atoms in total. The monoisotopic (exact) mass is 222 g/mol. The van der Waals surface area contributed by atoms with Gasteiger partial charge in [-0.25, -0.2) is 0 Å². The van der Waals surface area contributed by atoms with E-state index in [9.17, 15) is 4.79 Å². The summed E-state index contributed by atoms with van der Waals surface area (Å²) in [6, 6.07) is 0.389. The number of nitrogens with one attached hydrogen (secondary N) is 2. The molecule has 2 N–H and O–H groups in total. The molecule has 1 saturated heterocycles. The quantitative estimate of drug-likeness (QED) is 0.739. The van der Waals surface area contributed by atoms with Crippen molar-refractivity contribution in [2.75, 3.05) is 13.1 Å². The molecule has 3 heteroatoms. The number of hydrogen-bond donors (Lipinski definition) is 2. The lowest BCUT2D eigenvalue weighted by atomic mass is 9.88. The molecule has 1 amide bonds. The zero-order chi connectivity index (χ0) is 11.0. The molecule has 1 aliphatic heterocycles. The highest BCUT2D eigenvalue weighted by molar-refractivity contribution is 5.79. The molecule has 3 rings (SSSR count). The Kier molecular flexibility index (Phi) is 2.88. The standard InChI is InChI=1S/C13H22N2O/c16-13(15-11-2-1-5-14-8-11)12-7-9-3-4-10(12)6-9/h9-12,14H,1-8H2,(H,15,16). The highest BCUT2D eigenvalue weighted by Crippen LogP contribution is 2.48. The first-order chi connectivity index (χ1) is 7.83. The van der Waals surface area contributed by atoms with Crippen LogP contribution in [-0.4, -0.2) is 25.0 Å². The molecule has 1 heterocycles. The molecule has 2 bridgehead atoms. The third-order valence-electron chi connectivity index (χ3n) is 4.72. The van der Waals surface area contributed by atoms with Gasteiger partial charge in [-0.2, -0.15) is 0 Å². The zero-order valence-corrected chi connectivity index (χ0v) is 9.87. The van der Waals surface area contributed by atoms with Crippen LogP contribution in [0.3, 0.4) is 0 Å². The summed E-state index contributed by atoms with van der Waals surface area (Å²) < 4.78 is 0. The SMILES string of the molecule is O=C(NC1CCCNC1)C1CC2CCC1C2. The summed E-state index contributed by atoms with van der Waals surface area (Å²) in [5, 5.41) is 6.59.